The van der Waals surface area contributed by atoms with E-state index in [4.69, 9.17) is 0 Å². The fraction of sp³-hybridized carbons (Fsp3) is 0.0714. The van der Waals surface area contributed by atoms with E-state index >= 15 is 0 Å². The summed E-state index contributed by atoms with van der Waals surface area (Å²) in [5.74, 6) is -0.256. The first-order valence-electron chi connectivity index (χ1n) is 5.75. The number of halogens is 2. The Morgan fingerprint density at radius 3 is 2.32 bits per heavy atom. The predicted octanol–water partition coefficient (Wildman–Crippen LogP) is 3.48. The van der Waals surface area contributed by atoms with Crippen molar-refractivity contribution >= 4 is 27.0 Å². The van der Waals surface area contributed by atoms with E-state index in [2.05, 4.69) is 25.9 Å². The number of aromatic amines is 2. The van der Waals surface area contributed by atoms with E-state index in [9.17, 15) is 9.18 Å². The zero-order valence-electron chi connectivity index (χ0n) is 9.78. The number of nitrogens with one attached hydrogen (secondary N) is 2. The molecule has 0 aliphatic rings. The van der Waals surface area contributed by atoms with Gasteiger partial charge in [0.15, 0.2) is 0 Å². The van der Waals surface area contributed by atoms with Crippen LogP contribution in [0.15, 0.2) is 47.3 Å². The van der Waals surface area contributed by atoms with Crippen LogP contribution in [0.1, 0.15) is 16.0 Å². The summed E-state index contributed by atoms with van der Waals surface area (Å²) in [6.07, 6.45) is 0. The maximum Gasteiger partial charge on any atom is 0.323 e. The van der Waals surface area contributed by atoms with Gasteiger partial charge in [-0.3, -0.25) is 0 Å². The van der Waals surface area contributed by atoms with E-state index in [1.54, 1.807) is 12.1 Å². The number of rotatable bonds is 2. The molecule has 0 saturated carbocycles. The molecule has 0 aliphatic heterocycles. The van der Waals surface area contributed by atoms with Crippen molar-refractivity contribution in [2.75, 3.05) is 0 Å². The number of fused-ring (bicyclic) bond motifs is 1. The maximum atomic E-state index is 12.9. The van der Waals surface area contributed by atoms with Crippen molar-refractivity contribution < 1.29 is 4.39 Å². The molecule has 1 heterocycles. The average Bonchev–Trinajstić information content (AvgIpc) is 2.77. The van der Waals surface area contributed by atoms with Gasteiger partial charge in [0.25, 0.3) is 0 Å². The largest absolute Gasteiger partial charge is 0.323 e. The lowest BCUT2D eigenvalue weighted by Gasteiger charge is -2.10. The second kappa shape index (κ2) is 4.66. The summed E-state index contributed by atoms with van der Waals surface area (Å²) in [6.45, 7) is 0. The van der Waals surface area contributed by atoms with Crippen LogP contribution in [0.3, 0.4) is 0 Å². The summed E-state index contributed by atoms with van der Waals surface area (Å²) < 4.78 is 12.9. The Labute approximate surface area is 116 Å². The first kappa shape index (κ1) is 12.2. The van der Waals surface area contributed by atoms with Crippen LogP contribution in [-0.2, 0) is 0 Å². The molecule has 19 heavy (non-hydrogen) atoms. The minimum atomic E-state index is -0.256. The standard InChI is InChI=1S/C14H10BrFN2O/c15-13(8-1-4-10(16)5-2-8)9-3-6-11-12(7-9)18-14(19)17-11/h1-7,13H,(H2,17,18,19). The fourth-order valence-corrected chi connectivity index (χ4v) is 2.62. The van der Waals surface area contributed by atoms with Crippen LogP contribution in [0.2, 0.25) is 0 Å². The van der Waals surface area contributed by atoms with Gasteiger partial charge in [0.1, 0.15) is 5.82 Å². The topological polar surface area (TPSA) is 48.6 Å². The molecule has 0 fully saturated rings. The Kier molecular flexibility index (Phi) is 2.98. The number of hydrogen-bond acceptors (Lipinski definition) is 1. The van der Waals surface area contributed by atoms with Crippen molar-refractivity contribution in [3.63, 3.8) is 0 Å². The predicted molar refractivity (Wildman–Crippen MR) is 76.1 cm³/mol. The third kappa shape index (κ3) is 2.33. The molecule has 0 saturated heterocycles. The maximum absolute atomic E-state index is 12.9. The third-order valence-electron chi connectivity index (χ3n) is 3.00. The lowest BCUT2D eigenvalue weighted by Crippen LogP contribution is -1.99. The molecule has 1 atom stereocenters. The van der Waals surface area contributed by atoms with E-state index in [0.29, 0.717) is 0 Å². The number of hydrogen-bond donors (Lipinski definition) is 2. The lowest BCUT2D eigenvalue weighted by atomic mass is 10.0. The third-order valence-corrected chi connectivity index (χ3v) is 4.05. The fourth-order valence-electron chi connectivity index (χ4n) is 2.03. The van der Waals surface area contributed by atoms with Gasteiger partial charge in [0, 0.05) is 0 Å². The van der Waals surface area contributed by atoms with Gasteiger partial charge in [-0.2, -0.15) is 0 Å². The van der Waals surface area contributed by atoms with Gasteiger partial charge >= 0.3 is 5.69 Å². The van der Waals surface area contributed by atoms with Gasteiger partial charge in [-0.05, 0) is 35.4 Å². The van der Waals surface area contributed by atoms with Gasteiger partial charge in [0.2, 0.25) is 0 Å². The first-order chi connectivity index (χ1) is 9.13. The highest BCUT2D eigenvalue weighted by Crippen LogP contribution is 2.31. The number of imidazole rings is 1. The summed E-state index contributed by atoms with van der Waals surface area (Å²) in [5, 5.41) is 0. The molecule has 0 spiro atoms. The monoisotopic (exact) mass is 320 g/mol. The second-order valence-electron chi connectivity index (χ2n) is 4.30. The highest BCUT2D eigenvalue weighted by Gasteiger charge is 2.11. The molecule has 0 amide bonds. The van der Waals surface area contributed by atoms with E-state index in [-0.39, 0.29) is 16.3 Å². The summed E-state index contributed by atoms with van der Waals surface area (Å²) >= 11 is 3.59. The number of alkyl halides is 1. The highest BCUT2D eigenvalue weighted by molar-refractivity contribution is 9.09. The molecule has 96 valence electrons. The van der Waals surface area contributed by atoms with Gasteiger partial charge in [0.05, 0.1) is 15.9 Å². The molecule has 2 aromatic carbocycles. The molecule has 3 nitrogen and oxygen atoms in total. The zero-order chi connectivity index (χ0) is 13.4. The normalized spacial score (nSPS) is 12.7. The minimum absolute atomic E-state index is 0.0455. The lowest BCUT2D eigenvalue weighted by molar-refractivity contribution is 0.627. The van der Waals surface area contributed by atoms with Crippen molar-refractivity contribution in [1.29, 1.82) is 0 Å². The van der Waals surface area contributed by atoms with Crippen LogP contribution < -0.4 is 5.69 Å². The van der Waals surface area contributed by atoms with Crippen molar-refractivity contribution in [3.05, 3.63) is 69.9 Å². The minimum Gasteiger partial charge on any atom is -0.306 e. The van der Waals surface area contributed by atoms with Crippen LogP contribution in [0.25, 0.3) is 11.0 Å². The van der Waals surface area contributed by atoms with E-state index in [1.807, 2.05) is 18.2 Å². The van der Waals surface area contributed by atoms with Crippen molar-refractivity contribution in [2.24, 2.45) is 0 Å². The molecule has 1 aromatic heterocycles. The number of H-pyrrole nitrogens is 2. The van der Waals surface area contributed by atoms with Gasteiger partial charge in [-0.1, -0.05) is 34.1 Å². The molecule has 0 radical (unpaired) electrons. The van der Waals surface area contributed by atoms with E-state index < -0.39 is 0 Å². The molecule has 1 unspecified atom stereocenters. The van der Waals surface area contributed by atoms with Gasteiger partial charge < -0.3 is 9.97 Å². The SMILES string of the molecule is O=c1[nH]c2ccc(C(Br)c3ccc(F)cc3)cc2[nH]1. The second-order valence-corrected chi connectivity index (χ2v) is 5.21. The molecule has 0 bridgehead atoms. The molecule has 0 aliphatic carbocycles. The number of aromatic nitrogens is 2. The van der Waals surface area contributed by atoms with Crippen molar-refractivity contribution in [2.45, 2.75) is 4.83 Å². The Morgan fingerprint density at radius 1 is 0.947 bits per heavy atom. The average molecular weight is 321 g/mol. The van der Waals surface area contributed by atoms with Gasteiger partial charge in [-0.25, -0.2) is 9.18 Å². The van der Waals surface area contributed by atoms with Crippen LogP contribution in [0, 0.1) is 5.82 Å². The summed E-state index contributed by atoms with van der Waals surface area (Å²) in [5.41, 5.74) is 3.26. The summed E-state index contributed by atoms with van der Waals surface area (Å²) in [7, 11) is 0. The van der Waals surface area contributed by atoms with Crippen LogP contribution in [0.4, 0.5) is 4.39 Å². The Balaban J connectivity index is 2.03. The summed E-state index contributed by atoms with van der Waals surface area (Å²) in [6, 6.07) is 12.0. The van der Waals surface area contributed by atoms with Crippen LogP contribution in [-0.4, -0.2) is 9.97 Å². The molecule has 2 N–H and O–H groups in total. The van der Waals surface area contributed by atoms with Gasteiger partial charge in [-0.15, -0.1) is 0 Å². The molecule has 3 aromatic rings. The molecule has 3 rings (SSSR count). The smallest absolute Gasteiger partial charge is 0.306 e. The van der Waals surface area contributed by atoms with Crippen molar-refractivity contribution in [3.8, 4) is 0 Å². The number of benzene rings is 2. The molecular weight excluding hydrogens is 311 g/mol. The van der Waals surface area contributed by atoms with E-state index in [0.717, 1.165) is 22.2 Å². The summed E-state index contributed by atoms with van der Waals surface area (Å²) in [4.78, 5) is 16.6. The quantitative estimate of drug-likeness (QED) is 0.698. The zero-order valence-corrected chi connectivity index (χ0v) is 11.4. The van der Waals surface area contributed by atoms with Crippen molar-refractivity contribution in [1.82, 2.24) is 9.97 Å². The van der Waals surface area contributed by atoms with E-state index in [1.165, 1.54) is 12.1 Å². The Morgan fingerprint density at radius 2 is 1.58 bits per heavy atom. The Hall–Kier alpha value is -1.88. The molecular formula is C14H10BrFN2O. The van der Waals surface area contributed by atoms with Crippen LogP contribution >= 0.6 is 15.9 Å². The van der Waals surface area contributed by atoms with Crippen LogP contribution in [0.5, 0.6) is 0 Å². The first-order valence-corrected chi connectivity index (χ1v) is 6.66. The Bertz CT molecular complexity index is 776. The highest BCUT2D eigenvalue weighted by atomic mass is 79.9. The molecule has 5 heteroatoms.